The van der Waals surface area contributed by atoms with Gasteiger partial charge in [0.15, 0.2) is 0 Å². The van der Waals surface area contributed by atoms with E-state index in [1.807, 2.05) is 19.1 Å². The van der Waals surface area contributed by atoms with E-state index < -0.39 is 0 Å². The molecule has 3 nitrogen and oxygen atoms in total. The molecule has 0 spiro atoms. The molecule has 24 heavy (non-hydrogen) atoms. The topological polar surface area (TPSA) is 18.1 Å². The molecule has 0 aromatic heterocycles. The molecule has 2 N–H and O–H groups in total. The first-order chi connectivity index (χ1) is 11.7. The van der Waals surface area contributed by atoms with Gasteiger partial charge >= 0.3 is 0 Å². The fraction of sp³-hybridized carbons (Fsp3) is 0.400. The van der Waals surface area contributed by atoms with E-state index in [9.17, 15) is 0 Å². The van der Waals surface area contributed by atoms with Gasteiger partial charge in [0.25, 0.3) is 0 Å². The van der Waals surface area contributed by atoms with Crippen molar-refractivity contribution in [3.05, 3.63) is 64.7 Å². The van der Waals surface area contributed by atoms with Crippen LogP contribution in [0.1, 0.15) is 18.1 Å². The molecular weight excluding hydrogens is 320 g/mol. The molecule has 1 aliphatic rings. The monoisotopic (exact) mass is 346 g/mol. The Balaban J connectivity index is 1.46. The summed E-state index contributed by atoms with van der Waals surface area (Å²) in [5, 5.41) is 0.840. The number of halogens is 1. The Morgan fingerprint density at radius 1 is 0.875 bits per heavy atom. The Bertz CT molecular complexity index is 636. The normalized spacial score (nSPS) is 20.8. The molecule has 3 rings (SSSR count). The Morgan fingerprint density at radius 3 is 2.08 bits per heavy atom. The van der Waals surface area contributed by atoms with Crippen molar-refractivity contribution in [2.24, 2.45) is 0 Å². The standard InChI is InChI=1S/C20H25ClN2O/c1-2-24-20-8-6-17(7-9-20)15-22-10-12-23(13-11-22)16-18-4-3-5-19(21)14-18/h3-9,14H,2,10-13,15-16H2,1H3/p+2. The zero-order valence-electron chi connectivity index (χ0n) is 14.4. The second-order valence-electron chi connectivity index (χ2n) is 6.56. The number of benzene rings is 2. The van der Waals surface area contributed by atoms with E-state index in [2.05, 4.69) is 36.4 Å². The SMILES string of the molecule is CCOc1ccc(C[NH+]2CC[NH+](Cc3cccc(Cl)c3)CC2)cc1. The van der Waals surface area contributed by atoms with E-state index in [1.54, 1.807) is 9.80 Å². The summed E-state index contributed by atoms with van der Waals surface area (Å²) in [6, 6.07) is 16.8. The highest BCUT2D eigenvalue weighted by Crippen LogP contribution is 2.11. The van der Waals surface area contributed by atoms with Crippen molar-refractivity contribution in [3.8, 4) is 5.75 Å². The summed E-state index contributed by atoms with van der Waals surface area (Å²) < 4.78 is 5.51. The first kappa shape index (κ1) is 17.3. The van der Waals surface area contributed by atoms with Crippen LogP contribution in [0.25, 0.3) is 0 Å². The van der Waals surface area contributed by atoms with E-state index in [0.29, 0.717) is 0 Å². The lowest BCUT2D eigenvalue weighted by molar-refractivity contribution is -1.02. The van der Waals surface area contributed by atoms with Gasteiger partial charge in [-0.15, -0.1) is 0 Å². The predicted molar refractivity (Wildman–Crippen MR) is 97.9 cm³/mol. The lowest BCUT2D eigenvalue weighted by atomic mass is 10.1. The van der Waals surface area contributed by atoms with E-state index in [1.165, 1.54) is 37.3 Å². The van der Waals surface area contributed by atoms with Gasteiger partial charge in [-0.05, 0) is 43.3 Å². The van der Waals surface area contributed by atoms with Crippen LogP contribution >= 0.6 is 11.6 Å². The third-order valence-electron chi connectivity index (χ3n) is 4.70. The minimum Gasteiger partial charge on any atom is -0.494 e. The number of hydrogen-bond acceptors (Lipinski definition) is 1. The number of hydrogen-bond donors (Lipinski definition) is 2. The summed E-state index contributed by atoms with van der Waals surface area (Å²) in [6.07, 6.45) is 0. The summed E-state index contributed by atoms with van der Waals surface area (Å²) in [6.45, 7) is 9.82. The van der Waals surface area contributed by atoms with Crippen LogP contribution in [0, 0.1) is 0 Å². The Hall–Kier alpha value is -1.55. The van der Waals surface area contributed by atoms with E-state index in [-0.39, 0.29) is 0 Å². The molecule has 0 saturated carbocycles. The lowest BCUT2D eigenvalue weighted by Gasteiger charge is -2.29. The maximum absolute atomic E-state index is 6.08. The van der Waals surface area contributed by atoms with Crippen molar-refractivity contribution in [2.75, 3.05) is 32.8 Å². The highest BCUT2D eigenvalue weighted by atomic mass is 35.5. The fourth-order valence-corrected chi connectivity index (χ4v) is 3.62. The van der Waals surface area contributed by atoms with Crippen LogP contribution in [0.4, 0.5) is 0 Å². The van der Waals surface area contributed by atoms with Gasteiger partial charge in [-0.2, -0.15) is 0 Å². The molecule has 128 valence electrons. The molecule has 2 aromatic carbocycles. The molecule has 0 unspecified atom stereocenters. The highest BCUT2D eigenvalue weighted by molar-refractivity contribution is 6.30. The number of rotatable bonds is 6. The van der Waals surface area contributed by atoms with E-state index in [0.717, 1.165) is 30.5 Å². The maximum atomic E-state index is 6.08. The van der Waals surface area contributed by atoms with Gasteiger partial charge in [0, 0.05) is 16.1 Å². The van der Waals surface area contributed by atoms with Crippen LogP contribution in [0.5, 0.6) is 5.75 Å². The van der Waals surface area contributed by atoms with Crippen LogP contribution in [0.3, 0.4) is 0 Å². The molecule has 0 amide bonds. The average Bonchev–Trinajstić information content (AvgIpc) is 2.59. The lowest BCUT2D eigenvalue weighted by Crippen LogP contribution is -3.27. The molecule has 1 saturated heterocycles. The molecular formula is C20H27ClN2O+2. The second kappa shape index (κ2) is 8.52. The van der Waals surface area contributed by atoms with Crippen molar-refractivity contribution >= 4 is 11.6 Å². The summed E-state index contributed by atoms with van der Waals surface area (Å²) in [5.41, 5.74) is 2.74. The van der Waals surface area contributed by atoms with Crippen molar-refractivity contribution in [2.45, 2.75) is 20.0 Å². The Kier molecular flexibility index (Phi) is 6.13. The number of piperazine rings is 1. The number of nitrogens with one attached hydrogen (secondary N) is 2. The summed E-state index contributed by atoms with van der Waals surface area (Å²) in [5.74, 6) is 0.965. The number of quaternary nitrogens is 2. The molecule has 0 atom stereocenters. The fourth-order valence-electron chi connectivity index (χ4n) is 3.41. The van der Waals surface area contributed by atoms with Gasteiger partial charge in [-0.1, -0.05) is 23.7 Å². The largest absolute Gasteiger partial charge is 0.494 e. The van der Waals surface area contributed by atoms with Gasteiger partial charge in [-0.25, -0.2) is 0 Å². The third-order valence-corrected chi connectivity index (χ3v) is 4.93. The molecule has 0 aliphatic carbocycles. The molecule has 0 radical (unpaired) electrons. The minimum atomic E-state index is 0.724. The van der Waals surface area contributed by atoms with Crippen LogP contribution in [0.2, 0.25) is 5.02 Å². The first-order valence-corrected chi connectivity index (χ1v) is 9.24. The molecule has 1 fully saturated rings. The molecule has 1 aliphatic heterocycles. The molecule has 4 heteroatoms. The van der Waals surface area contributed by atoms with Gasteiger partial charge in [0.05, 0.1) is 6.61 Å². The Morgan fingerprint density at radius 2 is 1.50 bits per heavy atom. The van der Waals surface area contributed by atoms with E-state index >= 15 is 0 Å². The minimum absolute atomic E-state index is 0.724. The van der Waals surface area contributed by atoms with Gasteiger partial charge < -0.3 is 14.5 Å². The van der Waals surface area contributed by atoms with Crippen LogP contribution in [-0.2, 0) is 13.1 Å². The summed E-state index contributed by atoms with van der Waals surface area (Å²) in [7, 11) is 0. The third kappa shape index (κ3) is 4.97. The molecule has 0 bridgehead atoms. The Labute approximate surface area is 149 Å². The average molecular weight is 347 g/mol. The van der Waals surface area contributed by atoms with Gasteiger partial charge in [-0.3, -0.25) is 0 Å². The van der Waals surface area contributed by atoms with Crippen molar-refractivity contribution in [3.63, 3.8) is 0 Å². The van der Waals surface area contributed by atoms with E-state index in [4.69, 9.17) is 16.3 Å². The van der Waals surface area contributed by atoms with Gasteiger partial charge in [0.2, 0.25) is 0 Å². The van der Waals surface area contributed by atoms with Crippen LogP contribution in [0.15, 0.2) is 48.5 Å². The van der Waals surface area contributed by atoms with Crippen molar-refractivity contribution < 1.29 is 14.5 Å². The quantitative estimate of drug-likeness (QED) is 0.805. The summed E-state index contributed by atoms with van der Waals surface area (Å²) in [4.78, 5) is 3.33. The van der Waals surface area contributed by atoms with Gasteiger partial charge in [0.1, 0.15) is 45.0 Å². The first-order valence-electron chi connectivity index (χ1n) is 8.86. The zero-order valence-corrected chi connectivity index (χ0v) is 15.1. The van der Waals surface area contributed by atoms with Crippen LogP contribution < -0.4 is 14.5 Å². The van der Waals surface area contributed by atoms with Crippen LogP contribution in [-0.4, -0.2) is 32.8 Å². The second-order valence-corrected chi connectivity index (χ2v) is 7.00. The summed E-state index contributed by atoms with van der Waals surface area (Å²) >= 11 is 6.08. The van der Waals surface area contributed by atoms with Crippen molar-refractivity contribution in [1.82, 2.24) is 0 Å². The smallest absolute Gasteiger partial charge is 0.127 e. The van der Waals surface area contributed by atoms with Crippen molar-refractivity contribution in [1.29, 1.82) is 0 Å². The predicted octanol–water partition coefficient (Wildman–Crippen LogP) is 1.22. The zero-order chi connectivity index (χ0) is 16.8. The highest BCUT2D eigenvalue weighted by Gasteiger charge is 2.23. The maximum Gasteiger partial charge on any atom is 0.127 e. The number of ether oxygens (including phenoxy) is 1. The molecule has 1 heterocycles. The molecule has 2 aromatic rings.